The molecule has 0 atom stereocenters. The van der Waals surface area contributed by atoms with Crippen molar-refractivity contribution in [2.24, 2.45) is 0 Å². The Morgan fingerprint density at radius 3 is 1.47 bits per heavy atom. The molecule has 1 N–H and O–H groups in total. The zero-order chi connectivity index (χ0) is 26.5. The summed E-state index contributed by atoms with van der Waals surface area (Å²) in [5.41, 5.74) is 0.734. The first-order valence-corrected chi connectivity index (χ1v) is 15.7. The van der Waals surface area contributed by atoms with E-state index >= 15 is 0 Å². The highest BCUT2D eigenvalue weighted by molar-refractivity contribution is 7.86. The lowest BCUT2D eigenvalue weighted by Gasteiger charge is -2.11. The maximum atomic E-state index is 12.0. The van der Waals surface area contributed by atoms with Gasteiger partial charge in [-0.3, -0.25) is 4.55 Å². The van der Waals surface area contributed by atoms with Crippen LogP contribution in [0.15, 0.2) is 41.3 Å². The Morgan fingerprint density at radius 1 is 0.611 bits per heavy atom. The summed E-state index contributed by atoms with van der Waals surface area (Å²) in [4.78, 5) is 8.09. The van der Waals surface area contributed by atoms with Crippen LogP contribution in [0.25, 0.3) is 10.8 Å². The molecular formula is C31H50O4S. The molecule has 2 rings (SSSR count). The van der Waals surface area contributed by atoms with Gasteiger partial charge in [-0.15, -0.1) is 0 Å². The molecule has 0 heterocycles. The molecule has 2 aromatic rings. The SMILES string of the molecule is C=O.CCCCCCCCCCCCCCCCCCCCc1ccc2ccccc2c1S(=O)(=O)O. The Bertz CT molecular complexity index is 923. The van der Waals surface area contributed by atoms with Gasteiger partial charge in [-0.2, -0.15) is 8.42 Å². The van der Waals surface area contributed by atoms with Crippen LogP contribution in [-0.2, 0) is 21.3 Å². The van der Waals surface area contributed by atoms with E-state index in [1.165, 1.54) is 103 Å². The second-order valence-electron chi connectivity index (χ2n) is 10.0. The minimum Gasteiger partial charge on any atom is -0.307 e. The maximum Gasteiger partial charge on any atom is 0.295 e. The fraction of sp³-hybridized carbons (Fsp3) is 0.645. The van der Waals surface area contributed by atoms with Crippen molar-refractivity contribution in [3.63, 3.8) is 0 Å². The van der Waals surface area contributed by atoms with Crippen LogP contribution in [0, 0.1) is 0 Å². The van der Waals surface area contributed by atoms with E-state index < -0.39 is 10.1 Å². The van der Waals surface area contributed by atoms with Gasteiger partial charge in [0.05, 0.1) is 0 Å². The molecule has 0 bridgehead atoms. The first-order chi connectivity index (χ1) is 17.5. The average Bonchev–Trinajstić information content (AvgIpc) is 2.88. The number of benzene rings is 2. The molecule has 2 aromatic carbocycles. The van der Waals surface area contributed by atoms with E-state index in [1.54, 1.807) is 6.07 Å². The lowest BCUT2D eigenvalue weighted by Crippen LogP contribution is -2.04. The van der Waals surface area contributed by atoms with Crippen LogP contribution in [0.5, 0.6) is 0 Å². The highest BCUT2D eigenvalue weighted by Gasteiger charge is 2.18. The highest BCUT2D eigenvalue weighted by atomic mass is 32.2. The van der Waals surface area contributed by atoms with Gasteiger partial charge in [0.15, 0.2) is 0 Å². The van der Waals surface area contributed by atoms with Crippen LogP contribution in [0.3, 0.4) is 0 Å². The molecular weight excluding hydrogens is 468 g/mol. The number of carbonyl (C=O) groups excluding carboxylic acids is 1. The number of hydrogen-bond acceptors (Lipinski definition) is 3. The zero-order valence-corrected chi connectivity index (χ0v) is 23.5. The first-order valence-electron chi connectivity index (χ1n) is 14.3. The van der Waals surface area contributed by atoms with Gasteiger partial charge in [0.2, 0.25) is 0 Å². The van der Waals surface area contributed by atoms with Crippen molar-refractivity contribution in [1.82, 2.24) is 0 Å². The first kappa shape index (κ1) is 32.3. The summed E-state index contributed by atoms with van der Waals surface area (Å²) in [6.45, 7) is 4.28. The quantitative estimate of drug-likeness (QED) is 0.140. The largest absolute Gasteiger partial charge is 0.307 e. The molecule has 0 unspecified atom stereocenters. The minimum absolute atomic E-state index is 0.0950. The van der Waals surface area contributed by atoms with Crippen molar-refractivity contribution < 1.29 is 17.8 Å². The molecule has 0 aromatic heterocycles. The Labute approximate surface area is 221 Å². The second kappa shape index (κ2) is 20.4. The maximum absolute atomic E-state index is 12.0. The van der Waals surface area contributed by atoms with Crippen LogP contribution in [0.1, 0.15) is 128 Å². The van der Waals surface area contributed by atoms with Gasteiger partial charge in [0.25, 0.3) is 10.1 Å². The van der Waals surface area contributed by atoms with Gasteiger partial charge in [-0.05, 0) is 23.8 Å². The molecule has 204 valence electrons. The van der Waals surface area contributed by atoms with E-state index in [1.807, 2.05) is 37.1 Å². The zero-order valence-electron chi connectivity index (χ0n) is 22.7. The van der Waals surface area contributed by atoms with Gasteiger partial charge >= 0.3 is 0 Å². The van der Waals surface area contributed by atoms with Crippen molar-refractivity contribution in [2.45, 2.75) is 134 Å². The number of rotatable bonds is 20. The fourth-order valence-electron chi connectivity index (χ4n) is 5.01. The Kier molecular flexibility index (Phi) is 18.3. The molecule has 0 aliphatic carbocycles. The summed E-state index contributed by atoms with van der Waals surface area (Å²) >= 11 is 0. The van der Waals surface area contributed by atoms with E-state index in [-0.39, 0.29) is 4.90 Å². The lowest BCUT2D eigenvalue weighted by atomic mass is 10.0. The third kappa shape index (κ3) is 13.5. The Hall–Kier alpha value is -1.72. The molecule has 0 saturated heterocycles. The van der Waals surface area contributed by atoms with Crippen LogP contribution >= 0.6 is 0 Å². The predicted molar refractivity (Wildman–Crippen MR) is 153 cm³/mol. The standard InChI is InChI=1S/C30H48O3S.CH2O/c1-2-3-4-5-6-7-8-9-10-11-12-13-14-15-16-17-18-19-23-28-26-25-27-22-20-21-24-29(27)30(28)34(31,32)33;1-2/h20-22,24-26H,2-19,23H2,1H3,(H,31,32,33);1H2. The van der Waals surface area contributed by atoms with Gasteiger partial charge in [0, 0.05) is 5.39 Å². The van der Waals surface area contributed by atoms with Crippen molar-refractivity contribution in [3.8, 4) is 0 Å². The molecule has 0 radical (unpaired) electrons. The van der Waals surface area contributed by atoms with Crippen LogP contribution in [0.4, 0.5) is 0 Å². The number of unbranched alkanes of at least 4 members (excludes halogenated alkanes) is 17. The topological polar surface area (TPSA) is 71.4 Å². The number of carbonyl (C=O) groups is 1. The van der Waals surface area contributed by atoms with Gasteiger partial charge in [-0.1, -0.05) is 152 Å². The monoisotopic (exact) mass is 518 g/mol. The fourth-order valence-corrected chi connectivity index (χ4v) is 5.97. The normalized spacial score (nSPS) is 11.4. The number of fused-ring (bicyclic) bond motifs is 1. The Balaban J connectivity index is 0.00000316. The average molecular weight is 519 g/mol. The third-order valence-corrected chi connectivity index (χ3v) is 8.02. The predicted octanol–water partition coefficient (Wildman–Crippen LogP) is 9.49. The molecule has 0 spiro atoms. The van der Waals surface area contributed by atoms with E-state index in [2.05, 4.69) is 6.92 Å². The minimum atomic E-state index is -4.23. The smallest absolute Gasteiger partial charge is 0.295 e. The summed E-state index contributed by atoms with van der Waals surface area (Å²) in [7, 11) is -4.23. The molecule has 0 aliphatic heterocycles. The summed E-state index contributed by atoms with van der Waals surface area (Å²) in [6, 6.07) is 11.2. The lowest BCUT2D eigenvalue weighted by molar-refractivity contribution is -0.0980. The van der Waals surface area contributed by atoms with E-state index in [0.717, 1.165) is 23.8 Å². The molecule has 0 aliphatic rings. The van der Waals surface area contributed by atoms with E-state index in [4.69, 9.17) is 4.79 Å². The van der Waals surface area contributed by atoms with Crippen molar-refractivity contribution in [2.75, 3.05) is 0 Å². The van der Waals surface area contributed by atoms with Crippen LogP contribution in [0.2, 0.25) is 0 Å². The van der Waals surface area contributed by atoms with E-state index in [9.17, 15) is 13.0 Å². The van der Waals surface area contributed by atoms with E-state index in [0.29, 0.717) is 11.8 Å². The number of aryl methyl sites for hydroxylation is 1. The van der Waals surface area contributed by atoms with Gasteiger partial charge < -0.3 is 4.79 Å². The summed E-state index contributed by atoms with van der Waals surface area (Å²) in [5, 5.41) is 1.46. The summed E-state index contributed by atoms with van der Waals surface area (Å²) < 4.78 is 33.8. The van der Waals surface area contributed by atoms with Crippen LogP contribution in [-0.4, -0.2) is 19.8 Å². The molecule has 0 amide bonds. The van der Waals surface area contributed by atoms with Crippen molar-refractivity contribution in [1.29, 1.82) is 0 Å². The van der Waals surface area contributed by atoms with Crippen molar-refractivity contribution >= 4 is 27.7 Å². The molecule has 4 nitrogen and oxygen atoms in total. The molecule has 0 fully saturated rings. The highest BCUT2D eigenvalue weighted by Crippen LogP contribution is 2.28. The molecule has 36 heavy (non-hydrogen) atoms. The summed E-state index contributed by atoms with van der Waals surface area (Å²) in [6.07, 6.45) is 24.8. The van der Waals surface area contributed by atoms with Crippen molar-refractivity contribution in [3.05, 3.63) is 42.0 Å². The second-order valence-corrected chi connectivity index (χ2v) is 11.4. The Morgan fingerprint density at radius 2 is 1.03 bits per heavy atom. The van der Waals surface area contributed by atoms with Gasteiger partial charge in [0.1, 0.15) is 11.7 Å². The summed E-state index contributed by atoms with van der Waals surface area (Å²) in [5.74, 6) is 0. The third-order valence-electron chi connectivity index (χ3n) is 7.02. The van der Waals surface area contributed by atoms with Gasteiger partial charge in [-0.25, -0.2) is 0 Å². The van der Waals surface area contributed by atoms with Crippen LogP contribution < -0.4 is 0 Å². The number of hydrogen-bond donors (Lipinski definition) is 1. The molecule has 5 heteroatoms. The molecule has 0 saturated carbocycles.